The molecule has 0 saturated carbocycles. The van der Waals surface area contributed by atoms with Crippen LogP contribution in [0.1, 0.15) is 42.6 Å². The predicted octanol–water partition coefficient (Wildman–Crippen LogP) is 3.22. The second kappa shape index (κ2) is 8.16. The number of rotatable bonds is 4. The molecule has 2 aliphatic rings. The number of ketones is 1. The van der Waals surface area contributed by atoms with E-state index in [9.17, 15) is 9.59 Å². The maximum Gasteiger partial charge on any atom is 0.259 e. The van der Waals surface area contributed by atoms with Gasteiger partial charge in [0.1, 0.15) is 0 Å². The molecule has 1 amide bonds. The van der Waals surface area contributed by atoms with Crippen molar-refractivity contribution in [1.82, 2.24) is 10.3 Å². The number of hydrogen-bond acceptors (Lipinski definition) is 6. The van der Waals surface area contributed by atoms with E-state index in [-0.39, 0.29) is 23.4 Å². The number of pyridine rings is 1. The minimum Gasteiger partial charge on any atom is -0.381 e. The van der Waals surface area contributed by atoms with E-state index in [1.54, 1.807) is 61.3 Å². The number of hydrogen-bond donors (Lipinski definition) is 1. The fourth-order valence-electron chi connectivity index (χ4n) is 3.66. The van der Waals surface area contributed by atoms with E-state index < -0.39 is 5.60 Å². The average Bonchev–Trinajstić information content (AvgIpc) is 3.03. The Labute approximate surface area is 180 Å². The molecule has 1 N–H and O–H groups in total. The molecule has 0 aliphatic carbocycles. The highest BCUT2D eigenvalue weighted by molar-refractivity contribution is 6.49. The molecule has 2 aliphatic heterocycles. The van der Waals surface area contributed by atoms with Gasteiger partial charge < -0.3 is 10.2 Å². The number of amides is 1. The number of aromatic nitrogens is 1. The quantitative estimate of drug-likeness (QED) is 0.811. The van der Waals surface area contributed by atoms with Gasteiger partial charge >= 0.3 is 0 Å². The van der Waals surface area contributed by atoms with Crippen LogP contribution < -0.4 is 10.2 Å². The first-order chi connectivity index (χ1) is 14.4. The number of benzene rings is 1. The monoisotopic (exact) mass is 426 g/mol. The van der Waals surface area contributed by atoms with Crippen molar-refractivity contribution in [3.05, 3.63) is 58.7 Å². The molecule has 1 aromatic carbocycles. The topological polar surface area (TPSA) is 83.9 Å². The van der Waals surface area contributed by atoms with Crippen molar-refractivity contribution in [3.63, 3.8) is 0 Å². The zero-order valence-corrected chi connectivity index (χ0v) is 17.6. The second-order valence-corrected chi connectivity index (χ2v) is 8.34. The van der Waals surface area contributed by atoms with Crippen LogP contribution in [0.3, 0.4) is 0 Å². The molecule has 7 nitrogen and oxygen atoms in total. The highest BCUT2D eigenvalue weighted by atomic mass is 35.5. The van der Waals surface area contributed by atoms with Gasteiger partial charge in [0.05, 0.1) is 11.1 Å². The maximum atomic E-state index is 13.5. The molecule has 156 valence electrons. The fraction of sp³-hybridized carbons (Fsp3) is 0.364. The zero-order valence-electron chi connectivity index (χ0n) is 16.9. The van der Waals surface area contributed by atoms with Crippen molar-refractivity contribution >= 4 is 34.8 Å². The van der Waals surface area contributed by atoms with Gasteiger partial charge in [0.15, 0.2) is 17.1 Å². The number of anilines is 1. The molecular formula is C22H23ClN4O3. The molecule has 1 saturated heterocycles. The van der Waals surface area contributed by atoms with Gasteiger partial charge in [-0.3, -0.25) is 14.5 Å². The van der Waals surface area contributed by atoms with Gasteiger partial charge in [-0.05, 0) is 57.5 Å². The van der Waals surface area contributed by atoms with E-state index in [1.165, 1.54) is 0 Å². The number of halogens is 1. The lowest BCUT2D eigenvalue weighted by molar-refractivity contribution is -0.128. The van der Waals surface area contributed by atoms with Crippen LogP contribution in [-0.4, -0.2) is 47.1 Å². The minimum atomic E-state index is -0.968. The van der Waals surface area contributed by atoms with Crippen LogP contribution in [0.2, 0.25) is 5.02 Å². The third-order valence-corrected chi connectivity index (χ3v) is 5.65. The Hall–Kier alpha value is -2.77. The van der Waals surface area contributed by atoms with Gasteiger partial charge in [0, 0.05) is 23.9 Å². The largest absolute Gasteiger partial charge is 0.381 e. The average molecular weight is 427 g/mol. The van der Waals surface area contributed by atoms with E-state index in [1.807, 2.05) is 0 Å². The number of carbonyl (C=O) groups is 2. The molecule has 1 atom stereocenters. The van der Waals surface area contributed by atoms with Crippen LogP contribution in [-0.2, 0) is 9.63 Å². The maximum absolute atomic E-state index is 13.5. The van der Waals surface area contributed by atoms with Crippen LogP contribution in [0, 0.1) is 0 Å². The lowest BCUT2D eigenvalue weighted by Crippen LogP contribution is -2.49. The number of piperidine rings is 1. The van der Waals surface area contributed by atoms with Gasteiger partial charge in [-0.15, -0.1) is 0 Å². The normalized spacial score (nSPS) is 20.4. The van der Waals surface area contributed by atoms with Crippen LogP contribution in [0.5, 0.6) is 0 Å². The van der Waals surface area contributed by atoms with Crippen molar-refractivity contribution in [3.8, 4) is 0 Å². The third kappa shape index (κ3) is 3.82. The number of nitrogens with zero attached hydrogens (tertiary/aromatic N) is 3. The standard InChI is InChI=1S/C22H23ClN4O3/c1-22(2)19(28)18(26-30-22)14-7-9-15(10-8-14)21(29)27(16-5-3-11-24-13-16)20-17(23)6-4-12-25-20/h4,6-10,12,16,24H,3,5,11,13H2,1-2H3/t16-/m0/s1. The SMILES string of the molecule is CC1(C)ON=C(c2ccc(C(=O)N(c3ncccc3Cl)[C@H]3CCCNC3)cc2)C1=O. The summed E-state index contributed by atoms with van der Waals surface area (Å²) in [4.78, 5) is 37.2. The Balaban J connectivity index is 1.63. The predicted molar refractivity (Wildman–Crippen MR) is 115 cm³/mol. The molecule has 0 spiro atoms. The Kier molecular flexibility index (Phi) is 5.58. The van der Waals surface area contributed by atoms with E-state index in [0.717, 1.165) is 19.4 Å². The zero-order chi connectivity index (χ0) is 21.3. The van der Waals surface area contributed by atoms with Crippen LogP contribution in [0.25, 0.3) is 0 Å². The summed E-state index contributed by atoms with van der Waals surface area (Å²) < 4.78 is 0. The van der Waals surface area contributed by atoms with E-state index >= 15 is 0 Å². The summed E-state index contributed by atoms with van der Waals surface area (Å²) in [7, 11) is 0. The Morgan fingerprint density at radius 1 is 1.27 bits per heavy atom. The first-order valence-corrected chi connectivity index (χ1v) is 10.3. The molecular weight excluding hydrogens is 404 g/mol. The molecule has 4 rings (SSSR count). The molecule has 2 aromatic rings. The van der Waals surface area contributed by atoms with E-state index in [4.69, 9.17) is 16.4 Å². The van der Waals surface area contributed by atoms with Gasteiger partial charge in [0.25, 0.3) is 5.91 Å². The summed E-state index contributed by atoms with van der Waals surface area (Å²) in [5.74, 6) is 0.0799. The van der Waals surface area contributed by atoms with Crippen LogP contribution in [0.4, 0.5) is 5.82 Å². The summed E-state index contributed by atoms with van der Waals surface area (Å²) in [5.41, 5.74) is 0.394. The van der Waals surface area contributed by atoms with Crippen molar-refractivity contribution in [2.45, 2.75) is 38.3 Å². The Morgan fingerprint density at radius 2 is 2.03 bits per heavy atom. The van der Waals surface area contributed by atoms with Crippen molar-refractivity contribution in [1.29, 1.82) is 0 Å². The molecule has 3 heterocycles. The summed E-state index contributed by atoms with van der Waals surface area (Å²) in [6.07, 6.45) is 3.46. The lowest BCUT2D eigenvalue weighted by Gasteiger charge is -2.34. The van der Waals surface area contributed by atoms with Gasteiger partial charge in [-0.25, -0.2) is 4.98 Å². The second-order valence-electron chi connectivity index (χ2n) is 7.93. The molecule has 8 heteroatoms. The van der Waals surface area contributed by atoms with Crippen molar-refractivity contribution in [2.75, 3.05) is 18.0 Å². The van der Waals surface area contributed by atoms with Crippen LogP contribution >= 0.6 is 11.6 Å². The smallest absolute Gasteiger partial charge is 0.259 e. The van der Waals surface area contributed by atoms with E-state index in [2.05, 4.69) is 15.5 Å². The first kappa shape index (κ1) is 20.5. The lowest BCUT2D eigenvalue weighted by atomic mass is 9.95. The number of Topliss-reactive ketones (excluding diaryl/α,β-unsaturated/α-hetero) is 1. The Bertz CT molecular complexity index is 998. The van der Waals surface area contributed by atoms with Gasteiger partial charge in [-0.1, -0.05) is 28.9 Å². The van der Waals surface area contributed by atoms with Crippen LogP contribution in [0.15, 0.2) is 47.8 Å². The third-order valence-electron chi connectivity index (χ3n) is 5.35. The summed E-state index contributed by atoms with van der Waals surface area (Å²) in [5, 5.41) is 7.68. The number of nitrogens with one attached hydrogen (secondary N) is 1. The molecule has 1 aromatic heterocycles. The molecule has 0 bridgehead atoms. The molecule has 30 heavy (non-hydrogen) atoms. The molecule has 0 unspecified atom stereocenters. The summed E-state index contributed by atoms with van der Waals surface area (Å²) in [6, 6.07) is 10.2. The number of carbonyl (C=O) groups excluding carboxylic acids is 2. The highest BCUT2D eigenvalue weighted by Crippen LogP contribution is 2.29. The van der Waals surface area contributed by atoms with Crippen molar-refractivity contribution in [2.24, 2.45) is 5.16 Å². The van der Waals surface area contributed by atoms with Gasteiger partial charge in [0.2, 0.25) is 5.78 Å². The molecule has 0 radical (unpaired) electrons. The summed E-state index contributed by atoms with van der Waals surface area (Å²) >= 11 is 6.38. The van der Waals surface area contributed by atoms with Gasteiger partial charge in [-0.2, -0.15) is 0 Å². The highest BCUT2D eigenvalue weighted by Gasteiger charge is 2.40. The van der Waals surface area contributed by atoms with Crippen molar-refractivity contribution < 1.29 is 14.4 Å². The molecule has 1 fully saturated rings. The summed E-state index contributed by atoms with van der Waals surface area (Å²) in [6.45, 7) is 4.96. The Morgan fingerprint density at radius 3 is 2.63 bits per heavy atom. The number of oxime groups is 1. The first-order valence-electron chi connectivity index (χ1n) is 9.95. The fourth-order valence-corrected chi connectivity index (χ4v) is 3.88. The van der Waals surface area contributed by atoms with E-state index in [0.29, 0.717) is 28.5 Å². The minimum absolute atomic E-state index is 0.0479.